The van der Waals surface area contributed by atoms with E-state index in [1.807, 2.05) is 13.8 Å². The molecule has 1 aromatic carbocycles. The summed E-state index contributed by atoms with van der Waals surface area (Å²) in [6.45, 7) is 4.08. The van der Waals surface area contributed by atoms with E-state index < -0.39 is 23.5 Å². The lowest BCUT2D eigenvalue weighted by Gasteiger charge is -2.14. The van der Waals surface area contributed by atoms with Gasteiger partial charge in [-0.2, -0.15) is 0 Å². The summed E-state index contributed by atoms with van der Waals surface area (Å²) in [6.07, 6.45) is 1.49. The molecule has 1 rings (SSSR count). The van der Waals surface area contributed by atoms with Crippen molar-refractivity contribution in [3.8, 4) is 0 Å². The van der Waals surface area contributed by atoms with Crippen molar-refractivity contribution >= 4 is 12.4 Å². The van der Waals surface area contributed by atoms with E-state index in [4.69, 9.17) is 5.73 Å². The molecule has 0 aliphatic carbocycles. The third-order valence-electron chi connectivity index (χ3n) is 2.49. The van der Waals surface area contributed by atoms with Crippen molar-refractivity contribution in [2.45, 2.75) is 32.7 Å². The Morgan fingerprint density at radius 3 is 1.94 bits per heavy atom. The minimum Gasteiger partial charge on any atom is -0.324 e. The maximum atomic E-state index is 12.9. The zero-order valence-corrected chi connectivity index (χ0v) is 10.7. The van der Waals surface area contributed by atoms with Crippen LogP contribution in [0.5, 0.6) is 0 Å². The van der Waals surface area contributed by atoms with Crippen molar-refractivity contribution in [3.63, 3.8) is 0 Å². The van der Waals surface area contributed by atoms with Gasteiger partial charge in [0.25, 0.3) is 0 Å². The van der Waals surface area contributed by atoms with Gasteiger partial charge in [0.2, 0.25) is 0 Å². The molecular weight excluding hydrogens is 251 g/mol. The largest absolute Gasteiger partial charge is 0.324 e. The summed E-state index contributed by atoms with van der Waals surface area (Å²) in [5, 5.41) is 0. The van der Waals surface area contributed by atoms with Gasteiger partial charge in [0.05, 0.1) is 0 Å². The van der Waals surface area contributed by atoms with E-state index in [2.05, 4.69) is 0 Å². The fraction of sp³-hybridized carbons (Fsp3) is 0.500. The first-order chi connectivity index (χ1) is 7.41. The zero-order valence-electron chi connectivity index (χ0n) is 9.84. The lowest BCUT2D eigenvalue weighted by Crippen LogP contribution is -2.12. The summed E-state index contributed by atoms with van der Waals surface area (Å²) >= 11 is 0. The monoisotopic (exact) mass is 267 g/mol. The normalized spacial score (nSPS) is 12.4. The summed E-state index contributed by atoms with van der Waals surface area (Å²) in [5.74, 6) is -3.34. The molecule has 0 saturated carbocycles. The van der Waals surface area contributed by atoms with E-state index in [0.29, 0.717) is 17.9 Å². The molecule has 0 aliphatic rings. The molecule has 17 heavy (non-hydrogen) atoms. The first-order valence-corrected chi connectivity index (χ1v) is 5.31. The average molecular weight is 268 g/mol. The Kier molecular flexibility index (Phi) is 6.57. The van der Waals surface area contributed by atoms with Crippen LogP contribution in [0.3, 0.4) is 0 Å². The second-order valence-corrected chi connectivity index (χ2v) is 4.38. The van der Waals surface area contributed by atoms with Crippen molar-refractivity contribution in [1.82, 2.24) is 0 Å². The lowest BCUT2D eigenvalue weighted by molar-refractivity contribution is 0.440. The summed E-state index contributed by atoms with van der Waals surface area (Å²) in [6, 6.07) is 1.47. The van der Waals surface area contributed by atoms with Crippen molar-refractivity contribution in [3.05, 3.63) is 35.1 Å². The van der Waals surface area contributed by atoms with Crippen LogP contribution < -0.4 is 5.73 Å². The minimum atomic E-state index is -1.44. The molecular formula is C12H17ClF3N. The molecule has 0 fully saturated rings. The molecule has 5 heteroatoms. The third-order valence-corrected chi connectivity index (χ3v) is 2.49. The van der Waals surface area contributed by atoms with Crippen molar-refractivity contribution < 1.29 is 13.2 Å². The molecule has 98 valence electrons. The van der Waals surface area contributed by atoms with Crippen molar-refractivity contribution in [1.29, 1.82) is 0 Å². The Hall–Kier alpha value is -0.740. The van der Waals surface area contributed by atoms with Gasteiger partial charge in [0, 0.05) is 6.04 Å². The summed E-state index contributed by atoms with van der Waals surface area (Å²) in [4.78, 5) is 0. The van der Waals surface area contributed by atoms with Gasteiger partial charge in [-0.05, 0) is 36.5 Å². The lowest BCUT2D eigenvalue weighted by atomic mass is 9.98. The maximum absolute atomic E-state index is 12.9. The van der Waals surface area contributed by atoms with Crippen LogP contribution in [-0.4, -0.2) is 0 Å². The number of nitrogens with two attached hydrogens (primary N) is 1. The maximum Gasteiger partial charge on any atom is 0.194 e. The molecule has 0 heterocycles. The molecule has 0 aliphatic heterocycles. The second kappa shape index (κ2) is 6.87. The van der Waals surface area contributed by atoms with Gasteiger partial charge in [-0.25, -0.2) is 13.2 Å². The van der Waals surface area contributed by atoms with Crippen molar-refractivity contribution in [2.75, 3.05) is 0 Å². The number of hydrogen-bond acceptors (Lipinski definition) is 1. The SMILES string of the molecule is CC(C)CC[C@H](N)c1cc(F)c(F)c(F)c1.Cl. The molecule has 0 amide bonds. The Morgan fingerprint density at radius 1 is 1.06 bits per heavy atom. The Labute approximate surface area is 106 Å². The van der Waals surface area contributed by atoms with E-state index >= 15 is 0 Å². The number of halogens is 4. The molecule has 0 aromatic heterocycles. The van der Waals surface area contributed by atoms with Crippen LogP contribution in [0.2, 0.25) is 0 Å². The summed E-state index contributed by atoms with van der Waals surface area (Å²) < 4.78 is 38.6. The fourth-order valence-electron chi connectivity index (χ4n) is 1.47. The van der Waals surface area contributed by atoms with Gasteiger partial charge >= 0.3 is 0 Å². The molecule has 2 N–H and O–H groups in total. The molecule has 1 nitrogen and oxygen atoms in total. The molecule has 0 radical (unpaired) electrons. The van der Waals surface area contributed by atoms with Crippen LogP contribution in [0.4, 0.5) is 13.2 Å². The number of benzene rings is 1. The van der Waals surface area contributed by atoms with Gasteiger partial charge in [0.1, 0.15) is 0 Å². The molecule has 0 spiro atoms. The zero-order chi connectivity index (χ0) is 12.3. The fourth-order valence-corrected chi connectivity index (χ4v) is 1.47. The first-order valence-electron chi connectivity index (χ1n) is 5.31. The third kappa shape index (κ3) is 4.56. The molecule has 1 aromatic rings. The van der Waals surface area contributed by atoms with Gasteiger partial charge in [-0.15, -0.1) is 12.4 Å². The van der Waals surface area contributed by atoms with Crippen molar-refractivity contribution in [2.24, 2.45) is 11.7 Å². The van der Waals surface area contributed by atoms with Crippen LogP contribution in [0.1, 0.15) is 38.3 Å². The highest BCUT2D eigenvalue weighted by atomic mass is 35.5. The van der Waals surface area contributed by atoms with Gasteiger partial charge in [-0.3, -0.25) is 0 Å². The summed E-state index contributed by atoms with van der Waals surface area (Å²) in [5.41, 5.74) is 6.08. The van der Waals surface area contributed by atoms with Crippen LogP contribution in [0, 0.1) is 23.4 Å². The van der Waals surface area contributed by atoms with E-state index in [9.17, 15) is 13.2 Å². The van der Waals surface area contributed by atoms with E-state index in [0.717, 1.165) is 18.6 Å². The smallest absolute Gasteiger partial charge is 0.194 e. The van der Waals surface area contributed by atoms with Gasteiger partial charge < -0.3 is 5.73 Å². The quantitative estimate of drug-likeness (QED) is 0.821. The summed E-state index contributed by atoms with van der Waals surface area (Å²) in [7, 11) is 0. The molecule has 0 saturated heterocycles. The Bertz CT molecular complexity index is 346. The topological polar surface area (TPSA) is 26.0 Å². The Balaban J connectivity index is 0.00000256. The van der Waals surface area contributed by atoms with E-state index in [1.54, 1.807) is 0 Å². The predicted octanol–water partition coefficient (Wildman–Crippen LogP) is 3.96. The predicted molar refractivity (Wildman–Crippen MR) is 64.6 cm³/mol. The second-order valence-electron chi connectivity index (χ2n) is 4.38. The molecule has 0 unspecified atom stereocenters. The van der Waals surface area contributed by atoms with Crippen LogP contribution in [-0.2, 0) is 0 Å². The van der Waals surface area contributed by atoms with Crippen LogP contribution in [0.15, 0.2) is 12.1 Å². The average Bonchev–Trinajstić information content (AvgIpc) is 2.21. The van der Waals surface area contributed by atoms with Gasteiger partial charge in [0.15, 0.2) is 17.5 Å². The highest BCUT2D eigenvalue weighted by molar-refractivity contribution is 5.85. The number of hydrogen-bond donors (Lipinski definition) is 1. The van der Waals surface area contributed by atoms with Crippen LogP contribution in [0.25, 0.3) is 0 Å². The molecule has 1 atom stereocenters. The van der Waals surface area contributed by atoms with Crippen LogP contribution >= 0.6 is 12.4 Å². The highest BCUT2D eigenvalue weighted by Crippen LogP contribution is 2.22. The first kappa shape index (κ1) is 16.3. The van der Waals surface area contributed by atoms with E-state index in [1.165, 1.54) is 0 Å². The molecule has 0 bridgehead atoms. The van der Waals surface area contributed by atoms with E-state index in [-0.39, 0.29) is 12.4 Å². The Morgan fingerprint density at radius 2 is 1.53 bits per heavy atom. The number of rotatable bonds is 4. The van der Waals surface area contributed by atoms with Gasteiger partial charge in [-0.1, -0.05) is 13.8 Å². The minimum absolute atomic E-state index is 0. The standard InChI is InChI=1S/C12H16F3N.ClH/c1-7(2)3-4-11(16)8-5-9(13)12(15)10(14)6-8;/h5-7,11H,3-4,16H2,1-2H3;1H/t11-;/m0./s1. The highest BCUT2D eigenvalue weighted by Gasteiger charge is 2.14.